The van der Waals surface area contributed by atoms with Gasteiger partial charge in [0.05, 0.1) is 11.6 Å². The van der Waals surface area contributed by atoms with Crippen molar-refractivity contribution in [2.24, 2.45) is 5.73 Å². The maximum absolute atomic E-state index is 11.5. The van der Waals surface area contributed by atoms with Crippen LogP contribution >= 0.6 is 0 Å². The first-order chi connectivity index (χ1) is 10.1. The van der Waals surface area contributed by atoms with E-state index >= 15 is 0 Å². The Morgan fingerprint density at radius 3 is 2.81 bits per heavy atom. The van der Waals surface area contributed by atoms with Gasteiger partial charge in [-0.05, 0) is 38.4 Å². The number of ketones is 1. The number of amides is 1. The number of hydrogen-bond donors (Lipinski definition) is 1. The average Bonchev–Trinajstić information content (AvgIpc) is 2.48. The maximum atomic E-state index is 11.5. The third kappa shape index (κ3) is 4.04. The number of nitrogens with zero attached hydrogens (tertiary/aromatic N) is 1. The average molecular weight is 290 g/mol. The molecule has 1 unspecified atom stereocenters. The number of piperidine rings is 1. The second-order valence-corrected chi connectivity index (χ2v) is 5.35. The van der Waals surface area contributed by atoms with Gasteiger partial charge in [0.2, 0.25) is 5.91 Å². The molecule has 1 aliphatic rings. The molecule has 0 saturated carbocycles. The van der Waals surface area contributed by atoms with Gasteiger partial charge < -0.3 is 10.5 Å². The lowest BCUT2D eigenvalue weighted by Crippen LogP contribution is -2.49. The van der Waals surface area contributed by atoms with Gasteiger partial charge in [0.1, 0.15) is 12.4 Å². The van der Waals surface area contributed by atoms with Crippen LogP contribution in [0.3, 0.4) is 0 Å². The summed E-state index contributed by atoms with van der Waals surface area (Å²) in [6.07, 6.45) is 2.94. The molecule has 1 aliphatic heterocycles. The first-order valence-electron chi connectivity index (χ1n) is 7.35. The van der Waals surface area contributed by atoms with E-state index in [1.54, 1.807) is 12.1 Å². The van der Waals surface area contributed by atoms with Crippen molar-refractivity contribution in [2.75, 3.05) is 19.7 Å². The lowest BCUT2D eigenvalue weighted by atomic mass is 10.0. The highest BCUT2D eigenvalue weighted by Crippen LogP contribution is 2.19. The van der Waals surface area contributed by atoms with Crippen LogP contribution in [-0.2, 0) is 4.79 Å². The summed E-state index contributed by atoms with van der Waals surface area (Å²) >= 11 is 0. The molecule has 1 heterocycles. The van der Waals surface area contributed by atoms with E-state index in [-0.39, 0.29) is 17.7 Å². The van der Waals surface area contributed by atoms with E-state index in [0.717, 1.165) is 25.8 Å². The molecule has 2 N–H and O–H groups in total. The van der Waals surface area contributed by atoms with Crippen LogP contribution in [0.15, 0.2) is 24.3 Å². The Hall–Kier alpha value is -1.88. The number of nitrogens with two attached hydrogens (primary N) is 1. The van der Waals surface area contributed by atoms with Gasteiger partial charge in [-0.15, -0.1) is 0 Å². The SMILES string of the molecule is CC(=O)c1ccccc1OCCN1CCCCC1C(N)=O. The molecule has 1 saturated heterocycles. The summed E-state index contributed by atoms with van der Waals surface area (Å²) in [4.78, 5) is 25.0. The van der Waals surface area contributed by atoms with Gasteiger partial charge in [-0.3, -0.25) is 14.5 Å². The van der Waals surface area contributed by atoms with Crippen LogP contribution in [-0.4, -0.2) is 42.3 Å². The number of ether oxygens (including phenoxy) is 1. The highest BCUT2D eigenvalue weighted by Gasteiger charge is 2.26. The zero-order valence-electron chi connectivity index (χ0n) is 12.4. The molecule has 0 bridgehead atoms. The Kier molecular flexibility index (Phi) is 5.33. The van der Waals surface area contributed by atoms with Crippen molar-refractivity contribution in [3.8, 4) is 5.75 Å². The summed E-state index contributed by atoms with van der Waals surface area (Å²) in [5.41, 5.74) is 6.02. The van der Waals surface area contributed by atoms with E-state index in [2.05, 4.69) is 4.90 Å². The zero-order chi connectivity index (χ0) is 15.2. The van der Waals surface area contributed by atoms with Gasteiger partial charge in [0.15, 0.2) is 5.78 Å². The molecule has 5 heteroatoms. The van der Waals surface area contributed by atoms with Crippen molar-refractivity contribution in [3.63, 3.8) is 0 Å². The Balaban J connectivity index is 1.92. The minimum atomic E-state index is -0.265. The van der Waals surface area contributed by atoms with Gasteiger partial charge in [-0.25, -0.2) is 0 Å². The van der Waals surface area contributed by atoms with Crippen LogP contribution in [0.2, 0.25) is 0 Å². The molecule has 5 nitrogen and oxygen atoms in total. The molecular weight excluding hydrogens is 268 g/mol. The molecule has 21 heavy (non-hydrogen) atoms. The molecular formula is C16H22N2O3. The van der Waals surface area contributed by atoms with Gasteiger partial charge >= 0.3 is 0 Å². The topological polar surface area (TPSA) is 72.6 Å². The highest BCUT2D eigenvalue weighted by molar-refractivity contribution is 5.96. The second kappa shape index (κ2) is 7.22. The van der Waals surface area contributed by atoms with Crippen LogP contribution in [0, 0.1) is 0 Å². The third-order valence-corrected chi connectivity index (χ3v) is 3.84. The van der Waals surface area contributed by atoms with E-state index in [0.29, 0.717) is 24.5 Å². The summed E-state index contributed by atoms with van der Waals surface area (Å²) in [5.74, 6) is 0.315. The Labute approximate surface area is 125 Å². The van der Waals surface area contributed by atoms with Crippen LogP contribution in [0.4, 0.5) is 0 Å². The van der Waals surface area contributed by atoms with E-state index in [1.165, 1.54) is 6.92 Å². The molecule has 1 amide bonds. The van der Waals surface area contributed by atoms with E-state index in [1.807, 2.05) is 12.1 Å². The smallest absolute Gasteiger partial charge is 0.234 e. The first kappa shape index (κ1) is 15.5. The predicted octanol–water partition coefficient (Wildman–Crippen LogP) is 1.61. The minimum Gasteiger partial charge on any atom is -0.491 e. The van der Waals surface area contributed by atoms with Crippen molar-refractivity contribution in [3.05, 3.63) is 29.8 Å². The number of primary amides is 1. The molecule has 1 aromatic rings. The number of hydrogen-bond acceptors (Lipinski definition) is 4. The van der Waals surface area contributed by atoms with Crippen LogP contribution < -0.4 is 10.5 Å². The molecule has 0 radical (unpaired) electrons. The fourth-order valence-corrected chi connectivity index (χ4v) is 2.74. The third-order valence-electron chi connectivity index (χ3n) is 3.84. The van der Waals surface area contributed by atoms with Gasteiger partial charge in [0, 0.05) is 6.54 Å². The van der Waals surface area contributed by atoms with Crippen molar-refractivity contribution >= 4 is 11.7 Å². The molecule has 2 rings (SSSR count). The number of likely N-dealkylation sites (tertiary alicyclic amines) is 1. The molecule has 1 aromatic carbocycles. The molecule has 0 spiro atoms. The molecule has 0 aliphatic carbocycles. The summed E-state index contributed by atoms with van der Waals surface area (Å²) in [7, 11) is 0. The summed E-state index contributed by atoms with van der Waals surface area (Å²) in [6, 6.07) is 7.01. The summed E-state index contributed by atoms with van der Waals surface area (Å²) < 4.78 is 5.71. The largest absolute Gasteiger partial charge is 0.491 e. The van der Waals surface area contributed by atoms with E-state index < -0.39 is 0 Å². The van der Waals surface area contributed by atoms with Crippen molar-refractivity contribution < 1.29 is 14.3 Å². The van der Waals surface area contributed by atoms with Crippen molar-refractivity contribution in [2.45, 2.75) is 32.2 Å². The lowest BCUT2D eigenvalue weighted by Gasteiger charge is -2.33. The number of rotatable bonds is 6. The fraction of sp³-hybridized carbons (Fsp3) is 0.500. The van der Waals surface area contributed by atoms with Crippen LogP contribution in [0.1, 0.15) is 36.5 Å². The maximum Gasteiger partial charge on any atom is 0.234 e. The minimum absolute atomic E-state index is 0.0152. The molecule has 1 atom stereocenters. The first-order valence-corrected chi connectivity index (χ1v) is 7.35. The zero-order valence-corrected chi connectivity index (χ0v) is 12.4. The van der Waals surface area contributed by atoms with Crippen molar-refractivity contribution in [1.29, 1.82) is 0 Å². The van der Waals surface area contributed by atoms with Gasteiger partial charge in [0.25, 0.3) is 0 Å². The van der Waals surface area contributed by atoms with Gasteiger partial charge in [-0.2, -0.15) is 0 Å². The monoisotopic (exact) mass is 290 g/mol. The quantitative estimate of drug-likeness (QED) is 0.808. The van der Waals surface area contributed by atoms with Crippen LogP contribution in [0.25, 0.3) is 0 Å². The second-order valence-electron chi connectivity index (χ2n) is 5.35. The van der Waals surface area contributed by atoms with Gasteiger partial charge in [-0.1, -0.05) is 18.6 Å². The number of benzene rings is 1. The molecule has 114 valence electrons. The normalized spacial score (nSPS) is 19.2. The lowest BCUT2D eigenvalue weighted by molar-refractivity contribution is -0.124. The summed E-state index contributed by atoms with van der Waals surface area (Å²) in [5, 5.41) is 0. The van der Waals surface area contributed by atoms with E-state index in [9.17, 15) is 9.59 Å². The van der Waals surface area contributed by atoms with Crippen LogP contribution in [0.5, 0.6) is 5.75 Å². The number of Topliss-reactive ketones (excluding diaryl/α,β-unsaturated/α-hetero) is 1. The van der Waals surface area contributed by atoms with Crippen molar-refractivity contribution in [1.82, 2.24) is 4.90 Å². The Morgan fingerprint density at radius 1 is 1.33 bits per heavy atom. The molecule has 0 aromatic heterocycles. The number of carbonyl (C=O) groups excluding carboxylic acids is 2. The predicted molar refractivity (Wildman–Crippen MR) is 80.3 cm³/mol. The fourth-order valence-electron chi connectivity index (χ4n) is 2.74. The number of carbonyl (C=O) groups is 2. The molecule has 1 fully saturated rings. The number of para-hydroxylation sites is 1. The Bertz CT molecular complexity index is 516. The Morgan fingerprint density at radius 2 is 2.10 bits per heavy atom. The standard InChI is InChI=1S/C16H22N2O3/c1-12(19)13-6-2-3-8-15(13)21-11-10-18-9-5-4-7-14(18)16(17)20/h2-3,6,8,14H,4-5,7,9-11H2,1H3,(H2,17,20). The van der Waals surface area contributed by atoms with E-state index in [4.69, 9.17) is 10.5 Å². The summed E-state index contributed by atoms with van der Waals surface area (Å²) in [6.45, 7) is 3.47. The highest BCUT2D eigenvalue weighted by atomic mass is 16.5.